The van der Waals surface area contributed by atoms with Crippen molar-refractivity contribution in [2.24, 2.45) is 0 Å². The topological polar surface area (TPSA) is 49.4 Å². The van der Waals surface area contributed by atoms with Crippen LogP contribution in [0.25, 0.3) is 6.08 Å². The van der Waals surface area contributed by atoms with Crippen LogP contribution in [0, 0.1) is 0 Å². The molecule has 1 aromatic carbocycles. The Labute approximate surface area is 145 Å². The van der Waals surface area contributed by atoms with Crippen LogP contribution in [0.3, 0.4) is 0 Å². The SMILES string of the molecule is O=C(/C=C/c1ccsc1)Nc1ccc(CC(=O)N2CCCC2)cc1. The Morgan fingerprint density at radius 3 is 2.54 bits per heavy atom. The number of carbonyl (C=O) groups is 2. The van der Waals surface area contributed by atoms with E-state index in [0.29, 0.717) is 6.42 Å². The van der Waals surface area contributed by atoms with Gasteiger partial charge in [-0.2, -0.15) is 11.3 Å². The molecule has 0 spiro atoms. The average Bonchev–Trinajstić information content (AvgIpc) is 3.28. The van der Waals surface area contributed by atoms with Crippen molar-refractivity contribution in [1.29, 1.82) is 0 Å². The molecule has 0 aliphatic carbocycles. The van der Waals surface area contributed by atoms with Crippen LogP contribution < -0.4 is 5.32 Å². The van der Waals surface area contributed by atoms with Gasteiger partial charge in [-0.15, -0.1) is 0 Å². The van der Waals surface area contributed by atoms with E-state index in [9.17, 15) is 9.59 Å². The zero-order valence-corrected chi connectivity index (χ0v) is 14.2. The molecule has 1 saturated heterocycles. The summed E-state index contributed by atoms with van der Waals surface area (Å²) < 4.78 is 0. The molecule has 2 aromatic rings. The number of rotatable bonds is 5. The average molecular weight is 340 g/mol. The fourth-order valence-electron chi connectivity index (χ4n) is 2.68. The normalized spacial score (nSPS) is 14.2. The summed E-state index contributed by atoms with van der Waals surface area (Å²) in [6.45, 7) is 1.76. The molecule has 1 aromatic heterocycles. The Bertz CT molecular complexity index is 714. The van der Waals surface area contributed by atoms with Gasteiger partial charge in [0.2, 0.25) is 11.8 Å². The van der Waals surface area contributed by atoms with Crippen LogP contribution in [-0.4, -0.2) is 29.8 Å². The maximum Gasteiger partial charge on any atom is 0.248 e. The molecule has 124 valence electrons. The fourth-order valence-corrected chi connectivity index (χ4v) is 3.31. The van der Waals surface area contributed by atoms with Gasteiger partial charge in [-0.05, 0) is 59.0 Å². The Morgan fingerprint density at radius 1 is 1.12 bits per heavy atom. The van der Waals surface area contributed by atoms with Crippen molar-refractivity contribution in [3.05, 3.63) is 58.3 Å². The molecule has 24 heavy (non-hydrogen) atoms. The number of amides is 2. The quantitative estimate of drug-likeness (QED) is 0.846. The highest BCUT2D eigenvalue weighted by molar-refractivity contribution is 7.08. The van der Waals surface area contributed by atoms with E-state index in [1.165, 1.54) is 6.08 Å². The van der Waals surface area contributed by atoms with Crippen molar-refractivity contribution in [2.45, 2.75) is 19.3 Å². The van der Waals surface area contributed by atoms with Crippen LogP contribution in [0.4, 0.5) is 5.69 Å². The number of carbonyl (C=O) groups excluding carboxylic acids is 2. The van der Waals surface area contributed by atoms with Gasteiger partial charge in [0.1, 0.15) is 0 Å². The van der Waals surface area contributed by atoms with E-state index in [1.807, 2.05) is 46.0 Å². The zero-order chi connectivity index (χ0) is 16.8. The zero-order valence-electron chi connectivity index (χ0n) is 13.4. The molecule has 1 fully saturated rings. The smallest absolute Gasteiger partial charge is 0.248 e. The lowest BCUT2D eigenvalue weighted by molar-refractivity contribution is -0.129. The largest absolute Gasteiger partial charge is 0.342 e. The first-order valence-electron chi connectivity index (χ1n) is 8.09. The summed E-state index contributed by atoms with van der Waals surface area (Å²) in [7, 11) is 0. The van der Waals surface area contributed by atoms with E-state index in [0.717, 1.165) is 42.7 Å². The summed E-state index contributed by atoms with van der Waals surface area (Å²) in [6.07, 6.45) is 5.94. The van der Waals surface area contributed by atoms with Gasteiger partial charge in [0.15, 0.2) is 0 Å². The number of nitrogens with zero attached hydrogens (tertiary/aromatic N) is 1. The van der Waals surface area contributed by atoms with E-state index < -0.39 is 0 Å². The Morgan fingerprint density at radius 2 is 1.88 bits per heavy atom. The second-order valence-corrected chi connectivity index (χ2v) is 6.62. The summed E-state index contributed by atoms with van der Waals surface area (Å²) in [5.74, 6) is 0.0186. The molecule has 0 radical (unpaired) electrons. The van der Waals surface area contributed by atoms with Gasteiger partial charge in [0.05, 0.1) is 6.42 Å². The van der Waals surface area contributed by atoms with Gasteiger partial charge in [-0.25, -0.2) is 0 Å². The molecule has 1 N–H and O–H groups in total. The number of nitrogens with one attached hydrogen (secondary N) is 1. The predicted octanol–water partition coefficient (Wildman–Crippen LogP) is 3.56. The van der Waals surface area contributed by atoms with Crippen molar-refractivity contribution in [2.75, 3.05) is 18.4 Å². The highest BCUT2D eigenvalue weighted by atomic mass is 32.1. The Balaban J connectivity index is 1.52. The number of hydrogen-bond donors (Lipinski definition) is 1. The lowest BCUT2D eigenvalue weighted by atomic mass is 10.1. The van der Waals surface area contributed by atoms with Gasteiger partial charge in [0.25, 0.3) is 0 Å². The molecule has 5 heteroatoms. The molecule has 2 heterocycles. The number of thiophene rings is 1. The highest BCUT2D eigenvalue weighted by Gasteiger charge is 2.17. The van der Waals surface area contributed by atoms with Crippen LogP contribution >= 0.6 is 11.3 Å². The standard InChI is InChI=1S/C19H20N2O2S/c22-18(8-5-16-9-12-24-14-16)20-17-6-3-15(4-7-17)13-19(23)21-10-1-2-11-21/h3-9,12,14H,1-2,10-11,13H2,(H,20,22)/b8-5+. The summed E-state index contributed by atoms with van der Waals surface area (Å²) in [6, 6.07) is 9.42. The maximum atomic E-state index is 12.1. The van der Waals surface area contributed by atoms with Crippen molar-refractivity contribution >= 4 is 34.9 Å². The number of benzene rings is 1. The van der Waals surface area contributed by atoms with Gasteiger partial charge >= 0.3 is 0 Å². The van der Waals surface area contributed by atoms with Crippen molar-refractivity contribution < 1.29 is 9.59 Å². The van der Waals surface area contributed by atoms with Crippen LogP contribution in [0.2, 0.25) is 0 Å². The first kappa shape index (κ1) is 16.5. The minimum absolute atomic E-state index is 0.165. The van der Waals surface area contributed by atoms with Crippen LogP contribution in [0.1, 0.15) is 24.0 Å². The third-order valence-corrected chi connectivity index (χ3v) is 4.71. The van der Waals surface area contributed by atoms with Crippen LogP contribution in [0.15, 0.2) is 47.2 Å². The first-order chi connectivity index (χ1) is 11.7. The van der Waals surface area contributed by atoms with Crippen LogP contribution in [-0.2, 0) is 16.0 Å². The molecular formula is C19H20N2O2S. The highest BCUT2D eigenvalue weighted by Crippen LogP contribution is 2.14. The molecule has 1 aliphatic rings. The molecule has 3 rings (SSSR count). The summed E-state index contributed by atoms with van der Waals surface area (Å²) in [5.41, 5.74) is 2.72. The maximum absolute atomic E-state index is 12.1. The Hall–Kier alpha value is -2.40. The lowest BCUT2D eigenvalue weighted by Gasteiger charge is -2.15. The summed E-state index contributed by atoms with van der Waals surface area (Å²) >= 11 is 1.60. The fraction of sp³-hybridized carbons (Fsp3) is 0.263. The molecule has 1 aliphatic heterocycles. The van der Waals surface area contributed by atoms with E-state index in [4.69, 9.17) is 0 Å². The third-order valence-electron chi connectivity index (χ3n) is 4.01. The molecule has 0 bridgehead atoms. The second kappa shape index (κ2) is 7.93. The minimum atomic E-state index is -0.165. The number of likely N-dealkylation sites (tertiary alicyclic amines) is 1. The van der Waals surface area contributed by atoms with E-state index in [2.05, 4.69) is 5.32 Å². The van der Waals surface area contributed by atoms with E-state index >= 15 is 0 Å². The van der Waals surface area contributed by atoms with Crippen molar-refractivity contribution in [3.8, 4) is 0 Å². The van der Waals surface area contributed by atoms with Crippen molar-refractivity contribution in [1.82, 2.24) is 4.90 Å². The number of hydrogen-bond acceptors (Lipinski definition) is 3. The number of anilines is 1. The predicted molar refractivity (Wildman–Crippen MR) is 97.9 cm³/mol. The van der Waals surface area contributed by atoms with Gasteiger partial charge < -0.3 is 10.2 Å². The third kappa shape index (κ3) is 4.55. The lowest BCUT2D eigenvalue weighted by Crippen LogP contribution is -2.29. The van der Waals surface area contributed by atoms with E-state index in [1.54, 1.807) is 17.4 Å². The first-order valence-corrected chi connectivity index (χ1v) is 9.03. The minimum Gasteiger partial charge on any atom is -0.342 e. The monoisotopic (exact) mass is 340 g/mol. The molecule has 0 saturated carbocycles. The molecule has 4 nitrogen and oxygen atoms in total. The van der Waals surface area contributed by atoms with Gasteiger partial charge in [-0.3, -0.25) is 9.59 Å². The second-order valence-electron chi connectivity index (χ2n) is 5.84. The van der Waals surface area contributed by atoms with Crippen molar-refractivity contribution in [3.63, 3.8) is 0 Å². The Kier molecular flexibility index (Phi) is 5.43. The summed E-state index contributed by atoms with van der Waals surface area (Å²) in [5, 5.41) is 6.78. The molecule has 0 atom stereocenters. The molecular weight excluding hydrogens is 320 g/mol. The van der Waals surface area contributed by atoms with E-state index in [-0.39, 0.29) is 11.8 Å². The molecule has 0 unspecified atom stereocenters. The van der Waals surface area contributed by atoms with Crippen LogP contribution in [0.5, 0.6) is 0 Å². The van der Waals surface area contributed by atoms with Gasteiger partial charge in [0, 0.05) is 24.9 Å². The summed E-state index contributed by atoms with van der Waals surface area (Å²) in [4.78, 5) is 25.9. The van der Waals surface area contributed by atoms with Gasteiger partial charge in [-0.1, -0.05) is 12.1 Å². The molecule has 2 amide bonds.